The number of hydrogen-bond acceptors (Lipinski definition) is 7. The number of ether oxygens (including phenoxy) is 6. The van der Waals surface area contributed by atoms with Crippen LogP contribution in [0.4, 0.5) is 0 Å². The van der Waals surface area contributed by atoms with Crippen molar-refractivity contribution in [1.29, 1.82) is 0 Å². The zero-order chi connectivity index (χ0) is 28.2. The van der Waals surface area contributed by atoms with Gasteiger partial charge in [0.2, 0.25) is 12.5 Å². The van der Waals surface area contributed by atoms with Gasteiger partial charge in [-0.25, -0.2) is 0 Å². The zero-order valence-corrected chi connectivity index (χ0v) is 24.6. The van der Waals surface area contributed by atoms with Crippen molar-refractivity contribution in [2.24, 2.45) is 0 Å². The predicted molar refractivity (Wildman–Crippen MR) is 153 cm³/mol. The Morgan fingerprint density at radius 1 is 0.952 bits per heavy atom. The molecule has 1 aromatic heterocycles. The number of rotatable bonds is 11. The Hall–Kier alpha value is -4.17. The van der Waals surface area contributed by atoms with Crippen molar-refractivity contribution in [2.75, 3.05) is 33.7 Å². The van der Waals surface area contributed by atoms with Crippen LogP contribution in [-0.2, 0) is 28.9 Å². The molecule has 42 heavy (non-hydrogen) atoms. The lowest BCUT2D eigenvalue weighted by atomic mass is 9.95. The highest BCUT2D eigenvalue weighted by molar-refractivity contribution is 5.91. The van der Waals surface area contributed by atoms with E-state index < -0.39 is 0 Å². The fourth-order valence-corrected chi connectivity index (χ4v) is 5.36. The number of carbonyl (C=O) groups is 1. The van der Waals surface area contributed by atoms with E-state index in [0.717, 1.165) is 76.6 Å². The van der Waals surface area contributed by atoms with Gasteiger partial charge in [0.05, 0.1) is 44.3 Å². The quantitative estimate of drug-likeness (QED) is 0.151. The lowest BCUT2D eigenvalue weighted by Crippen LogP contribution is -3.00. The third-order valence-corrected chi connectivity index (χ3v) is 7.43. The van der Waals surface area contributed by atoms with Crippen molar-refractivity contribution in [3.05, 3.63) is 71.9 Å². The summed E-state index contributed by atoms with van der Waals surface area (Å²) in [5.74, 6) is 3.66. The molecule has 2 aliphatic heterocycles. The summed E-state index contributed by atoms with van der Waals surface area (Å²) in [4.78, 5) is 11.6. The van der Waals surface area contributed by atoms with Crippen molar-refractivity contribution in [2.45, 2.75) is 39.2 Å². The van der Waals surface area contributed by atoms with Crippen LogP contribution in [0.15, 0.2) is 60.8 Å². The van der Waals surface area contributed by atoms with E-state index >= 15 is 0 Å². The number of fused-ring (bicyclic) bond motifs is 5. The monoisotopic (exact) mass is 591 g/mol. The third kappa shape index (κ3) is 6.19. The molecule has 3 heterocycles. The van der Waals surface area contributed by atoms with Crippen LogP contribution in [0.1, 0.15) is 30.9 Å². The molecule has 6 rings (SSSR count). The Labute approximate surface area is 251 Å². The molecular formula is C33H34ClNO7. The molecule has 0 spiro atoms. The second-order valence-electron chi connectivity index (χ2n) is 10.1. The molecule has 0 saturated carbocycles. The van der Waals surface area contributed by atoms with Crippen LogP contribution in [0.25, 0.3) is 22.0 Å². The van der Waals surface area contributed by atoms with Crippen LogP contribution in [0, 0.1) is 0 Å². The van der Waals surface area contributed by atoms with Crippen LogP contribution in [-0.4, -0.2) is 39.7 Å². The lowest BCUT2D eigenvalue weighted by molar-refractivity contribution is -0.686. The molecule has 8 nitrogen and oxygen atoms in total. The van der Waals surface area contributed by atoms with Crippen LogP contribution in [0.2, 0.25) is 0 Å². The van der Waals surface area contributed by atoms with Crippen molar-refractivity contribution >= 4 is 16.7 Å². The fourth-order valence-electron chi connectivity index (χ4n) is 5.36. The molecule has 0 unspecified atom stereocenters. The number of esters is 1. The summed E-state index contributed by atoms with van der Waals surface area (Å²) in [7, 11) is 1.67. The van der Waals surface area contributed by atoms with Gasteiger partial charge < -0.3 is 40.8 Å². The number of nitrogens with zero attached hydrogens (tertiary/aromatic N) is 1. The molecular weight excluding hydrogens is 558 g/mol. The van der Waals surface area contributed by atoms with Gasteiger partial charge in [-0.1, -0.05) is 12.1 Å². The summed E-state index contributed by atoms with van der Waals surface area (Å²) in [5.41, 5.74) is 4.51. The topological polar surface area (TPSA) is 76.3 Å². The van der Waals surface area contributed by atoms with E-state index in [1.54, 1.807) is 14.0 Å². The summed E-state index contributed by atoms with van der Waals surface area (Å²) in [6.07, 6.45) is 5.03. The predicted octanol–water partition coefficient (Wildman–Crippen LogP) is 2.44. The van der Waals surface area contributed by atoms with Gasteiger partial charge >= 0.3 is 5.97 Å². The van der Waals surface area contributed by atoms with E-state index in [1.807, 2.05) is 30.3 Å². The Kier molecular flexibility index (Phi) is 9.22. The molecule has 0 amide bonds. The van der Waals surface area contributed by atoms with Gasteiger partial charge in [-0.15, -0.1) is 0 Å². The summed E-state index contributed by atoms with van der Waals surface area (Å²) in [6.45, 7) is 4.46. The average molecular weight is 592 g/mol. The Bertz CT molecular complexity index is 1570. The largest absolute Gasteiger partial charge is 1.00 e. The maximum atomic E-state index is 11.6. The molecule has 2 aliphatic rings. The van der Waals surface area contributed by atoms with Gasteiger partial charge in [-0.3, -0.25) is 4.79 Å². The molecule has 0 aliphatic carbocycles. The molecule has 0 bridgehead atoms. The number of unbranched alkanes of at least 4 members (excludes halogenated alkanes) is 1. The summed E-state index contributed by atoms with van der Waals surface area (Å²) >= 11 is 0. The molecule has 0 N–H and O–H groups in total. The molecule has 9 heteroatoms. The summed E-state index contributed by atoms with van der Waals surface area (Å²) in [5, 5.41) is 2.11. The molecule has 3 aromatic carbocycles. The number of aromatic nitrogens is 1. The van der Waals surface area contributed by atoms with Gasteiger partial charge in [0.1, 0.15) is 5.75 Å². The average Bonchev–Trinajstić information content (AvgIpc) is 3.45. The molecule has 4 aromatic rings. The third-order valence-electron chi connectivity index (χ3n) is 7.43. The normalized spacial score (nSPS) is 12.6. The first-order valence-corrected chi connectivity index (χ1v) is 14.1. The minimum Gasteiger partial charge on any atom is -1.00 e. The molecule has 0 saturated heterocycles. The van der Waals surface area contributed by atoms with E-state index in [9.17, 15) is 4.79 Å². The van der Waals surface area contributed by atoms with Gasteiger partial charge in [0.15, 0.2) is 35.7 Å². The number of halogens is 1. The van der Waals surface area contributed by atoms with Crippen LogP contribution in [0.3, 0.4) is 0 Å². The van der Waals surface area contributed by atoms with Gasteiger partial charge in [-0.2, -0.15) is 4.57 Å². The van der Waals surface area contributed by atoms with Crippen molar-refractivity contribution < 1.29 is 50.2 Å². The van der Waals surface area contributed by atoms with Crippen LogP contribution < -0.4 is 40.7 Å². The van der Waals surface area contributed by atoms with Crippen LogP contribution >= 0.6 is 0 Å². The standard InChI is InChI=1S/C33H34NO7.ClH/c1-3-37-32(35)16-22-6-9-25(10-7-22)38-14-4-5-15-39-33-27-20-34-13-12-24-18-30-31(41-21-40-30)19-26(24)28(34)17-23(27)8-11-29(33)36-2;/h6-11,17-20H,3-5,12-16,21H2,1-2H3;1H/q+1;/p-1. The lowest BCUT2D eigenvalue weighted by Gasteiger charge is -2.18. The SMILES string of the molecule is CCOC(=O)Cc1ccc(OCCCCOc2c(OC)ccc3cc4[n+](cc23)CCc2cc3c(cc2-4)OCO3)cc1.[Cl-]. The maximum absolute atomic E-state index is 11.6. The number of benzene rings is 3. The van der Waals surface area contributed by atoms with Crippen molar-refractivity contribution in [3.63, 3.8) is 0 Å². The number of pyridine rings is 1. The maximum Gasteiger partial charge on any atom is 0.310 e. The Balaban J connectivity index is 0.00000353. The molecule has 0 atom stereocenters. The minimum absolute atomic E-state index is 0. The summed E-state index contributed by atoms with van der Waals surface area (Å²) < 4.78 is 36.4. The number of aryl methyl sites for hydroxylation is 2. The van der Waals surface area contributed by atoms with Gasteiger partial charge in [0.25, 0.3) is 0 Å². The Morgan fingerprint density at radius 2 is 1.71 bits per heavy atom. The van der Waals surface area contributed by atoms with E-state index in [2.05, 4.69) is 35.0 Å². The zero-order valence-electron chi connectivity index (χ0n) is 23.8. The first kappa shape index (κ1) is 29.3. The van der Waals surface area contributed by atoms with E-state index in [4.69, 9.17) is 28.4 Å². The number of methoxy groups -OCH3 is 1. The van der Waals surface area contributed by atoms with E-state index in [1.165, 1.54) is 11.1 Å². The highest BCUT2D eigenvalue weighted by Gasteiger charge is 2.28. The first-order chi connectivity index (χ1) is 20.1. The van der Waals surface area contributed by atoms with E-state index in [-0.39, 0.29) is 31.6 Å². The Morgan fingerprint density at radius 3 is 2.48 bits per heavy atom. The first-order valence-electron chi connectivity index (χ1n) is 14.1. The van der Waals surface area contributed by atoms with Crippen molar-refractivity contribution in [3.8, 4) is 40.0 Å². The minimum atomic E-state index is -0.221. The van der Waals surface area contributed by atoms with Crippen LogP contribution in [0.5, 0.6) is 28.7 Å². The van der Waals surface area contributed by atoms with E-state index in [0.29, 0.717) is 19.8 Å². The molecule has 0 radical (unpaired) electrons. The van der Waals surface area contributed by atoms with Crippen molar-refractivity contribution in [1.82, 2.24) is 0 Å². The number of hydrogen-bond donors (Lipinski definition) is 0. The molecule has 0 fully saturated rings. The van der Waals surface area contributed by atoms with Gasteiger partial charge in [0, 0.05) is 12.5 Å². The highest BCUT2D eigenvalue weighted by atomic mass is 35.5. The smallest absolute Gasteiger partial charge is 0.310 e. The molecule has 220 valence electrons. The highest BCUT2D eigenvalue weighted by Crippen LogP contribution is 2.41. The van der Waals surface area contributed by atoms with Gasteiger partial charge in [-0.05, 0) is 72.7 Å². The fraction of sp³-hybridized carbons (Fsp3) is 0.333. The number of carbonyl (C=O) groups excluding carboxylic acids is 1. The second kappa shape index (κ2) is 13.2. The summed E-state index contributed by atoms with van der Waals surface area (Å²) in [6, 6.07) is 18.0. The second-order valence-corrected chi connectivity index (χ2v) is 10.1.